The van der Waals surface area contributed by atoms with Gasteiger partial charge in [-0.15, -0.1) is 0 Å². The van der Waals surface area contributed by atoms with Crippen molar-refractivity contribution in [1.82, 2.24) is 0 Å². The highest BCUT2D eigenvalue weighted by Crippen LogP contribution is 2.48. The highest BCUT2D eigenvalue weighted by Gasteiger charge is 2.64. The van der Waals surface area contributed by atoms with Crippen LogP contribution in [0.2, 0.25) is 0 Å². The van der Waals surface area contributed by atoms with Gasteiger partial charge in [0.1, 0.15) is 11.5 Å². The summed E-state index contributed by atoms with van der Waals surface area (Å²) >= 11 is 0. The molecule has 10 heteroatoms. The summed E-state index contributed by atoms with van der Waals surface area (Å²) in [6, 6.07) is 10.0. The summed E-state index contributed by atoms with van der Waals surface area (Å²) in [6.07, 6.45) is -1.05. The van der Waals surface area contributed by atoms with Crippen LogP contribution in [0.4, 0.5) is 28.4 Å². The van der Waals surface area contributed by atoms with E-state index in [1.54, 1.807) is 0 Å². The average molecular weight is 414 g/mol. The number of anilines is 4. The molecule has 2 heterocycles. The van der Waals surface area contributed by atoms with E-state index in [2.05, 4.69) is 4.85 Å². The van der Waals surface area contributed by atoms with Crippen molar-refractivity contribution < 1.29 is 19.2 Å². The van der Waals surface area contributed by atoms with Crippen molar-refractivity contribution >= 4 is 52.1 Å². The molecule has 10 nitrogen and oxygen atoms in total. The maximum absolute atomic E-state index is 13.3. The number of imide groups is 2. The van der Waals surface area contributed by atoms with E-state index in [4.69, 9.17) is 18.0 Å². The predicted octanol–water partition coefficient (Wildman–Crippen LogP) is 1.49. The van der Waals surface area contributed by atoms with Crippen LogP contribution in [-0.4, -0.2) is 23.6 Å². The topological polar surface area (TPSA) is 155 Å². The molecule has 2 saturated heterocycles. The normalized spacial score (nSPS) is 20.5. The van der Waals surface area contributed by atoms with E-state index in [0.29, 0.717) is 0 Å². The standard InChI is InChI=1S/C21H14N6O4/c1-25-14-7-13(24)3-5-16(14)27-18(29)9-21(20(27)31)8-17(28)26(19(21)30)15-4-2-12(23)6-11(15)10-22/h2-7H,8-9,23-24H2/t21-/m0/s1. The molecule has 2 aromatic rings. The Morgan fingerprint density at radius 2 is 1.42 bits per heavy atom. The van der Waals surface area contributed by atoms with Gasteiger partial charge in [0.05, 0.1) is 36.4 Å². The van der Waals surface area contributed by atoms with Crippen molar-refractivity contribution in [1.29, 1.82) is 5.26 Å². The van der Waals surface area contributed by atoms with E-state index in [1.165, 1.54) is 36.4 Å². The molecular weight excluding hydrogens is 400 g/mol. The minimum atomic E-state index is -1.93. The second-order valence-electron chi connectivity index (χ2n) is 7.25. The molecule has 1 spiro atoms. The molecule has 0 aromatic heterocycles. The molecule has 2 aliphatic heterocycles. The predicted molar refractivity (Wildman–Crippen MR) is 109 cm³/mol. The Labute approximate surface area is 176 Å². The number of nitrogens with two attached hydrogens (primary N) is 2. The van der Waals surface area contributed by atoms with Gasteiger partial charge in [-0.3, -0.25) is 24.1 Å². The molecule has 2 aliphatic rings. The molecular formula is C21H14N6O4. The van der Waals surface area contributed by atoms with E-state index in [9.17, 15) is 24.4 Å². The Balaban J connectivity index is 1.78. The monoisotopic (exact) mass is 414 g/mol. The molecule has 0 saturated carbocycles. The Morgan fingerprint density at radius 1 is 0.903 bits per heavy atom. The fraction of sp³-hybridized carbons (Fsp3) is 0.143. The van der Waals surface area contributed by atoms with E-state index in [0.717, 1.165) is 9.80 Å². The highest BCUT2D eigenvalue weighted by atomic mass is 16.2. The van der Waals surface area contributed by atoms with Crippen LogP contribution < -0.4 is 21.3 Å². The molecule has 2 fully saturated rings. The van der Waals surface area contributed by atoms with Crippen LogP contribution in [0, 0.1) is 23.3 Å². The number of amides is 4. The van der Waals surface area contributed by atoms with Crippen LogP contribution in [0.5, 0.6) is 0 Å². The van der Waals surface area contributed by atoms with Crippen LogP contribution in [-0.2, 0) is 19.2 Å². The van der Waals surface area contributed by atoms with Gasteiger partial charge in [-0.25, -0.2) is 9.74 Å². The van der Waals surface area contributed by atoms with Crippen LogP contribution in [0.3, 0.4) is 0 Å². The fourth-order valence-corrected chi connectivity index (χ4v) is 3.93. The van der Waals surface area contributed by atoms with Crippen molar-refractivity contribution in [3.63, 3.8) is 0 Å². The quantitative estimate of drug-likeness (QED) is 0.326. The second kappa shape index (κ2) is 6.68. The third-order valence-electron chi connectivity index (χ3n) is 5.37. The van der Waals surface area contributed by atoms with Gasteiger partial charge in [-0.1, -0.05) is 0 Å². The Kier molecular flexibility index (Phi) is 4.22. The van der Waals surface area contributed by atoms with Crippen molar-refractivity contribution in [3.05, 3.63) is 53.4 Å². The largest absolute Gasteiger partial charge is 0.400 e. The van der Waals surface area contributed by atoms with E-state index in [-0.39, 0.29) is 34.0 Å². The molecule has 0 aliphatic carbocycles. The van der Waals surface area contributed by atoms with Crippen molar-refractivity contribution in [2.75, 3.05) is 21.3 Å². The molecule has 4 N–H and O–H groups in total. The lowest BCUT2D eigenvalue weighted by Gasteiger charge is -2.22. The first kappa shape index (κ1) is 19.6. The molecule has 2 aromatic carbocycles. The Bertz CT molecular complexity index is 1190. The maximum Gasteiger partial charge on any atom is 0.250 e. The van der Waals surface area contributed by atoms with Gasteiger partial charge in [-0.2, -0.15) is 5.26 Å². The smallest absolute Gasteiger partial charge is 0.250 e. The first-order valence-corrected chi connectivity index (χ1v) is 9.05. The van der Waals surface area contributed by atoms with Crippen LogP contribution in [0.25, 0.3) is 4.85 Å². The lowest BCUT2D eigenvalue weighted by Crippen LogP contribution is -2.42. The minimum Gasteiger partial charge on any atom is -0.400 e. The summed E-state index contributed by atoms with van der Waals surface area (Å²) in [4.78, 5) is 57.0. The van der Waals surface area contributed by atoms with Gasteiger partial charge in [0.25, 0.3) is 5.91 Å². The molecule has 4 amide bonds. The summed E-state index contributed by atoms with van der Waals surface area (Å²) in [7, 11) is 0. The van der Waals surface area contributed by atoms with Gasteiger partial charge >= 0.3 is 0 Å². The third-order valence-corrected chi connectivity index (χ3v) is 5.37. The minimum absolute atomic E-state index is 0.0000254. The number of nitriles is 1. The number of hydrogen-bond donors (Lipinski definition) is 2. The number of carbonyl (C=O) groups excluding carboxylic acids is 4. The first-order valence-electron chi connectivity index (χ1n) is 9.05. The van der Waals surface area contributed by atoms with E-state index >= 15 is 0 Å². The Hall–Kier alpha value is -4.70. The third kappa shape index (κ3) is 2.70. The van der Waals surface area contributed by atoms with E-state index in [1.807, 2.05) is 6.07 Å². The highest BCUT2D eigenvalue weighted by molar-refractivity contribution is 6.38. The summed E-state index contributed by atoms with van der Waals surface area (Å²) in [5.74, 6) is -3.20. The van der Waals surface area contributed by atoms with E-state index < -0.39 is 41.9 Å². The van der Waals surface area contributed by atoms with Gasteiger partial charge in [-0.05, 0) is 36.4 Å². The first-order chi connectivity index (χ1) is 14.7. The number of rotatable bonds is 2. The summed E-state index contributed by atoms with van der Waals surface area (Å²) < 4.78 is 0. The molecule has 31 heavy (non-hydrogen) atoms. The average Bonchev–Trinajstić information content (AvgIpc) is 3.13. The summed E-state index contributed by atoms with van der Waals surface area (Å²) in [5, 5.41) is 9.37. The molecule has 4 rings (SSSR count). The number of nitrogen functional groups attached to an aromatic ring is 2. The van der Waals surface area contributed by atoms with Crippen LogP contribution in [0.1, 0.15) is 18.4 Å². The van der Waals surface area contributed by atoms with Crippen molar-refractivity contribution in [3.8, 4) is 6.07 Å². The zero-order chi connectivity index (χ0) is 22.5. The maximum atomic E-state index is 13.3. The van der Waals surface area contributed by atoms with Crippen LogP contribution in [0.15, 0.2) is 36.4 Å². The lowest BCUT2D eigenvalue weighted by molar-refractivity contribution is -0.136. The van der Waals surface area contributed by atoms with Gasteiger partial charge in [0.15, 0.2) is 0 Å². The summed E-state index contributed by atoms with van der Waals surface area (Å²) in [6.45, 7) is 7.31. The molecule has 0 radical (unpaired) electrons. The molecule has 0 unspecified atom stereocenters. The van der Waals surface area contributed by atoms with Gasteiger partial charge in [0, 0.05) is 11.4 Å². The molecule has 1 atom stereocenters. The zero-order valence-corrected chi connectivity index (χ0v) is 16.0. The number of nitrogens with zero attached hydrogens (tertiary/aromatic N) is 4. The number of carbonyl (C=O) groups is 4. The zero-order valence-electron chi connectivity index (χ0n) is 16.0. The van der Waals surface area contributed by atoms with Crippen LogP contribution >= 0.6 is 0 Å². The van der Waals surface area contributed by atoms with Crippen molar-refractivity contribution in [2.24, 2.45) is 5.41 Å². The number of benzene rings is 2. The number of hydrogen-bond acceptors (Lipinski definition) is 7. The van der Waals surface area contributed by atoms with Gasteiger partial charge in [0.2, 0.25) is 23.4 Å². The second-order valence-corrected chi connectivity index (χ2v) is 7.25. The lowest BCUT2D eigenvalue weighted by atomic mass is 9.84. The Morgan fingerprint density at radius 3 is 1.97 bits per heavy atom. The molecule has 152 valence electrons. The molecule has 0 bridgehead atoms. The fourth-order valence-electron chi connectivity index (χ4n) is 3.93. The van der Waals surface area contributed by atoms with Crippen molar-refractivity contribution in [2.45, 2.75) is 12.8 Å². The van der Waals surface area contributed by atoms with Gasteiger partial charge < -0.3 is 11.5 Å². The summed E-state index contributed by atoms with van der Waals surface area (Å²) in [5.41, 5.74) is 9.91. The SMILES string of the molecule is [C-]#[N+]c1cc(N)ccc1N1C(=O)C[C@]2(CC(=O)N(c3ccc(N)cc3C#N)C2=O)C1=O.